The average molecular weight is 172 g/mol. The van der Waals surface area contributed by atoms with Crippen molar-refractivity contribution in [2.75, 3.05) is 0 Å². The molecule has 0 aliphatic carbocycles. The maximum atomic E-state index is 5.01. The zero-order valence-corrected chi connectivity index (χ0v) is 7.34. The van der Waals surface area contributed by atoms with Crippen molar-refractivity contribution in [3.8, 4) is 0 Å². The quantitative estimate of drug-likeness (QED) is 0.502. The van der Waals surface area contributed by atoms with Crippen LogP contribution in [0.25, 0.3) is 0 Å². The third-order valence-corrected chi connectivity index (χ3v) is 2.23. The molecule has 1 aromatic rings. The Morgan fingerprint density at radius 1 is 1.90 bits per heavy atom. The van der Waals surface area contributed by atoms with Crippen LogP contribution in [0.2, 0.25) is 0 Å². The van der Waals surface area contributed by atoms with E-state index in [-0.39, 0.29) is 0 Å². The Morgan fingerprint density at radius 3 is 3.00 bits per heavy atom. The molecular weight excluding hydrogens is 164 g/mol. The standard InChI is InChI=1S/C6H8N2S2/c1-3-4-8-6(9)10-5(2)7-8/h3H,1,4H2,2H3. The van der Waals surface area contributed by atoms with Gasteiger partial charge in [0.25, 0.3) is 0 Å². The van der Waals surface area contributed by atoms with Crippen molar-refractivity contribution < 1.29 is 0 Å². The summed E-state index contributed by atoms with van der Waals surface area (Å²) in [5.74, 6) is 0. The lowest BCUT2D eigenvalue weighted by atomic mass is 10.6. The minimum atomic E-state index is 0.711. The first-order valence-corrected chi connectivity index (χ1v) is 4.12. The van der Waals surface area contributed by atoms with Crippen molar-refractivity contribution in [2.24, 2.45) is 0 Å². The molecule has 0 atom stereocenters. The molecule has 0 N–H and O–H groups in total. The maximum Gasteiger partial charge on any atom is 0.179 e. The Bertz CT molecular complexity index is 284. The third-order valence-electron chi connectivity index (χ3n) is 1.01. The minimum Gasteiger partial charge on any atom is -0.241 e. The Morgan fingerprint density at radius 2 is 2.60 bits per heavy atom. The summed E-state index contributed by atoms with van der Waals surface area (Å²) in [5, 5.41) is 5.17. The van der Waals surface area contributed by atoms with Gasteiger partial charge >= 0.3 is 0 Å². The molecule has 1 rings (SSSR count). The van der Waals surface area contributed by atoms with Crippen LogP contribution >= 0.6 is 23.6 Å². The predicted molar refractivity (Wildman–Crippen MR) is 45.9 cm³/mol. The molecule has 54 valence electrons. The Kier molecular flexibility index (Phi) is 2.34. The minimum absolute atomic E-state index is 0.711. The second kappa shape index (κ2) is 3.07. The highest BCUT2D eigenvalue weighted by Crippen LogP contribution is 2.05. The van der Waals surface area contributed by atoms with Crippen LogP contribution < -0.4 is 0 Å². The van der Waals surface area contributed by atoms with Crippen molar-refractivity contribution in [3.63, 3.8) is 0 Å². The Balaban J connectivity index is 3.03. The van der Waals surface area contributed by atoms with Crippen LogP contribution in [0.1, 0.15) is 5.01 Å². The summed E-state index contributed by atoms with van der Waals surface area (Å²) in [5.41, 5.74) is 0. The predicted octanol–water partition coefficient (Wildman–Crippen LogP) is 2.17. The largest absolute Gasteiger partial charge is 0.241 e. The van der Waals surface area contributed by atoms with E-state index < -0.39 is 0 Å². The van der Waals surface area contributed by atoms with E-state index in [0.717, 1.165) is 8.96 Å². The molecule has 0 saturated heterocycles. The number of hydrogen-bond donors (Lipinski definition) is 0. The number of aromatic nitrogens is 2. The molecule has 0 aliphatic rings. The summed E-state index contributed by atoms with van der Waals surface area (Å²) in [4.78, 5) is 0. The van der Waals surface area contributed by atoms with Gasteiger partial charge in [-0.3, -0.25) is 0 Å². The molecule has 0 amide bonds. The van der Waals surface area contributed by atoms with Crippen molar-refractivity contribution in [3.05, 3.63) is 21.6 Å². The summed E-state index contributed by atoms with van der Waals surface area (Å²) in [7, 11) is 0. The molecule has 1 aromatic heterocycles. The van der Waals surface area contributed by atoms with Gasteiger partial charge in [0.15, 0.2) is 3.95 Å². The lowest BCUT2D eigenvalue weighted by Crippen LogP contribution is -1.96. The first-order chi connectivity index (χ1) is 4.74. The molecule has 0 bridgehead atoms. The van der Waals surface area contributed by atoms with Gasteiger partial charge in [0.05, 0.1) is 6.54 Å². The van der Waals surface area contributed by atoms with Gasteiger partial charge in [-0.25, -0.2) is 4.68 Å². The van der Waals surface area contributed by atoms with Crippen LogP contribution in [0, 0.1) is 10.9 Å². The van der Waals surface area contributed by atoms with Gasteiger partial charge < -0.3 is 0 Å². The van der Waals surface area contributed by atoms with Gasteiger partial charge in [-0.15, -0.1) is 6.58 Å². The lowest BCUT2D eigenvalue weighted by molar-refractivity contribution is 0.686. The Labute approximate surface area is 68.8 Å². The molecular formula is C6H8N2S2. The van der Waals surface area contributed by atoms with Crippen molar-refractivity contribution >= 4 is 23.6 Å². The summed E-state index contributed by atoms with van der Waals surface area (Å²) in [6.07, 6.45) is 1.79. The second-order valence-electron chi connectivity index (χ2n) is 1.86. The summed E-state index contributed by atoms with van der Waals surface area (Å²) in [6.45, 7) is 6.26. The molecule has 4 heteroatoms. The van der Waals surface area contributed by atoms with E-state index in [1.165, 1.54) is 11.3 Å². The fourth-order valence-electron chi connectivity index (χ4n) is 0.648. The lowest BCUT2D eigenvalue weighted by Gasteiger charge is -1.90. The van der Waals surface area contributed by atoms with E-state index in [9.17, 15) is 0 Å². The fraction of sp³-hybridized carbons (Fsp3) is 0.333. The van der Waals surface area contributed by atoms with Gasteiger partial charge in [-0.05, 0) is 19.1 Å². The summed E-state index contributed by atoms with van der Waals surface area (Å²) >= 11 is 6.54. The highest BCUT2D eigenvalue weighted by Gasteiger charge is 1.94. The van der Waals surface area contributed by atoms with Gasteiger partial charge in [0.2, 0.25) is 0 Å². The van der Waals surface area contributed by atoms with Gasteiger partial charge in [-0.2, -0.15) is 5.10 Å². The molecule has 1 heterocycles. The normalized spacial score (nSPS) is 9.70. The molecule has 0 radical (unpaired) electrons. The van der Waals surface area contributed by atoms with E-state index in [0.29, 0.717) is 6.54 Å². The number of aryl methyl sites for hydroxylation is 1. The smallest absolute Gasteiger partial charge is 0.179 e. The average Bonchev–Trinajstić information content (AvgIpc) is 2.13. The second-order valence-corrected chi connectivity index (χ2v) is 3.68. The van der Waals surface area contributed by atoms with Crippen molar-refractivity contribution in [1.29, 1.82) is 0 Å². The van der Waals surface area contributed by atoms with Gasteiger partial charge in [0, 0.05) is 0 Å². The zero-order chi connectivity index (χ0) is 7.56. The first kappa shape index (κ1) is 7.63. The van der Waals surface area contributed by atoms with Gasteiger partial charge in [0.1, 0.15) is 5.01 Å². The van der Waals surface area contributed by atoms with Gasteiger partial charge in [-0.1, -0.05) is 17.4 Å². The summed E-state index contributed by atoms with van der Waals surface area (Å²) < 4.78 is 2.58. The highest BCUT2D eigenvalue weighted by molar-refractivity contribution is 7.73. The van der Waals surface area contributed by atoms with Crippen LogP contribution in [0.3, 0.4) is 0 Å². The first-order valence-electron chi connectivity index (χ1n) is 2.89. The van der Waals surface area contributed by atoms with Crippen LogP contribution in [-0.2, 0) is 6.54 Å². The molecule has 0 saturated carbocycles. The summed E-state index contributed by atoms with van der Waals surface area (Å²) in [6, 6.07) is 0. The third kappa shape index (κ3) is 1.52. The van der Waals surface area contributed by atoms with Crippen molar-refractivity contribution in [2.45, 2.75) is 13.5 Å². The SMILES string of the molecule is C=CCn1nc(C)sc1=S. The van der Waals surface area contributed by atoms with Crippen LogP contribution in [0.15, 0.2) is 12.7 Å². The molecule has 0 aliphatic heterocycles. The van der Waals surface area contributed by atoms with E-state index in [1.54, 1.807) is 10.8 Å². The van der Waals surface area contributed by atoms with E-state index in [2.05, 4.69) is 11.7 Å². The molecule has 2 nitrogen and oxygen atoms in total. The number of rotatable bonds is 2. The molecule has 10 heavy (non-hydrogen) atoms. The van der Waals surface area contributed by atoms with Crippen LogP contribution in [0.4, 0.5) is 0 Å². The fourth-order valence-corrected chi connectivity index (χ4v) is 1.74. The number of hydrogen-bond acceptors (Lipinski definition) is 3. The molecule has 0 aromatic carbocycles. The topological polar surface area (TPSA) is 17.8 Å². The van der Waals surface area contributed by atoms with Crippen LogP contribution in [0.5, 0.6) is 0 Å². The number of allylic oxidation sites excluding steroid dienone is 1. The zero-order valence-electron chi connectivity index (χ0n) is 5.70. The molecule has 0 fully saturated rings. The van der Waals surface area contributed by atoms with E-state index in [4.69, 9.17) is 12.2 Å². The molecule has 0 unspecified atom stereocenters. The van der Waals surface area contributed by atoms with E-state index in [1.807, 2.05) is 6.92 Å². The molecule has 0 spiro atoms. The maximum absolute atomic E-state index is 5.01. The Hall–Kier alpha value is -0.480. The van der Waals surface area contributed by atoms with Crippen LogP contribution in [-0.4, -0.2) is 9.78 Å². The van der Waals surface area contributed by atoms with Crippen molar-refractivity contribution in [1.82, 2.24) is 9.78 Å². The monoisotopic (exact) mass is 172 g/mol. The highest BCUT2D eigenvalue weighted by atomic mass is 32.1. The van der Waals surface area contributed by atoms with E-state index >= 15 is 0 Å². The number of nitrogens with zero attached hydrogens (tertiary/aromatic N) is 2.